The summed E-state index contributed by atoms with van der Waals surface area (Å²) in [5, 5.41) is 0. The van der Waals surface area contributed by atoms with Gasteiger partial charge in [0.1, 0.15) is 0 Å². The van der Waals surface area contributed by atoms with Gasteiger partial charge in [-0.25, -0.2) is 8.42 Å². The van der Waals surface area contributed by atoms with Crippen LogP contribution in [0.5, 0.6) is 0 Å². The van der Waals surface area contributed by atoms with Crippen molar-refractivity contribution < 1.29 is 26.4 Å². The number of carbonyl (C=O) groups excluding carboxylic acids is 1. The Labute approximate surface area is 102 Å². The minimum atomic E-state index is -5.52. The lowest BCUT2D eigenvalue weighted by Crippen LogP contribution is -2.44. The third-order valence-corrected chi connectivity index (χ3v) is 3.36. The normalized spacial score (nSPS) is 14.2. The van der Waals surface area contributed by atoms with Crippen LogP contribution in [0.2, 0.25) is 0 Å². The number of hydrogen-bond donors (Lipinski definition) is 1. The SMILES string of the molecule is CC(NS(=O)(=O)C(F)(F)F)C(=O)c1ccccc1. The summed E-state index contributed by atoms with van der Waals surface area (Å²) in [4.78, 5) is 11.7. The summed E-state index contributed by atoms with van der Waals surface area (Å²) >= 11 is 0. The molecule has 1 unspecified atom stereocenters. The highest BCUT2D eigenvalue weighted by Crippen LogP contribution is 2.22. The maximum absolute atomic E-state index is 12.1. The average molecular weight is 281 g/mol. The largest absolute Gasteiger partial charge is 0.511 e. The van der Waals surface area contributed by atoms with Crippen LogP contribution in [0.4, 0.5) is 13.2 Å². The van der Waals surface area contributed by atoms with Crippen molar-refractivity contribution in [2.24, 2.45) is 0 Å². The number of ketones is 1. The second-order valence-corrected chi connectivity index (χ2v) is 5.22. The first-order chi connectivity index (χ1) is 8.15. The van der Waals surface area contributed by atoms with Gasteiger partial charge in [-0.2, -0.15) is 17.9 Å². The topological polar surface area (TPSA) is 63.2 Å². The number of Topliss-reactive ketones (excluding diaryl/α,β-unsaturated/α-hetero) is 1. The zero-order chi connectivity index (χ0) is 14.0. The molecule has 0 saturated carbocycles. The number of benzene rings is 1. The summed E-state index contributed by atoms with van der Waals surface area (Å²) in [5.74, 6) is -0.733. The van der Waals surface area contributed by atoms with Gasteiger partial charge in [0.05, 0.1) is 6.04 Å². The van der Waals surface area contributed by atoms with Crippen LogP contribution in [0.25, 0.3) is 0 Å². The van der Waals surface area contributed by atoms with Crippen LogP contribution in [0, 0.1) is 0 Å². The van der Waals surface area contributed by atoms with E-state index >= 15 is 0 Å². The Kier molecular flexibility index (Phi) is 4.12. The molecule has 0 saturated heterocycles. The van der Waals surface area contributed by atoms with Crippen molar-refractivity contribution in [3.8, 4) is 0 Å². The highest BCUT2D eigenvalue weighted by atomic mass is 32.2. The highest BCUT2D eigenvalue weighted by Gasteiger charge is 2.47. The molecule has 1 aromatic rings. The van der Waals surface area contributed by atoms with E-state index in [9.17, 15) is 26.4 Å². The van der Waals surface area contributed by atoms with E-state index in [1.165, 1.54) is 29.0 Å². The van der Waals surface area contributed by atoms with Gasteiger partial charge in [0, 0.05) is 5.56 Å². The fourth-order valence-electron chi connectivity index (χ4n) is 1.21. The summed E-state index contributed by atoms with van der Waals surface area (Å²) in [6.07, 6.45) is 0. The van der Waals surface area contributed by atoms with Crippen molar-refractivity contribution in [3.63, 3.8) is 0 Å². The van der Waals surface area contributed by atoms with Gasteiger partial charge in [-0.3, -0.25) is 4.79 Å². The predicted octanol–water partition coefficient (Wildman–Crippen LogP) is 1.70. The molecular formula is C10H10F3NO3S. The highest BCUT2D eigenvalue weighted by molar-refractivity contribution is 7.90. The number of rotatable bonds is 4. The van der Waals surface area contributed by atoms with Crippen LogP contribution in [-0.2, 0) is 10.0 Å². The molecule has 1 atom stereocenters. The molecule has 0 fully saturated rings. The number of carbonyl (C=O) groups is 1. The van der Waals surface area contributed by atoms with E-state index in [1.807, 2.05) is 0 Å². The first kappa shape index (κ1) is 14.7. The van der Waals surface area contributed by atoms with Crippen LogP contribution in [0.15, 0.2) is 30.3 Å². The lowest BCUT2D eigenvalue weighted by atomic mass is 10.1. The Morgan fingerprint density at radius 3 is 2.17 bits per heavy atom. The first-order valence-electron chi connectivity index (χ1n) is 4.83. The zero-order valence-corrected chi connectivity index (χ0v) is 10.0. The van der Waals surface area contributed by atoms with E-state index in [-0.39, 0.29) is 5.56 Å². The van der Waals surface area contributed by atoms with Crippen LogP contribution < -0.4 is 4.72 Å². The maximum atomic E-state index is 12.1. The molecule has 0 heterocycles. The summed E-state index contributed by atoms with van der Waals surface area (Å²) < 4.78 is 59.2. The standard InChI is InChI=1S/C10H10F3NO3S/c1-7(14-18(16,17)10(11,12)13)9(15)8-5-3-2-4-6-8/h2-7,14H,1H3. The molecule has 8 heteroatoms. The van der Waals surface area contributed by atoms with Crippen molar-refractivity contribution in [3.05, 3.63) is 35.9 Å². The number of halogens is 3. The van der Waals surface area contributed by atoms with Crippen LogP contribution >= 0.6 is 0 Å². The summed E-state index contributed by atoms with van der Waals surface area (Å²) in [5.41, 5.74) is -5.30. The van der Waals surface area contributed by atoms with Crippen molar-refractivity contribution in [1.29, 1.82) is 0 Å². The van der Waals surface area contributed by atoms with Gasteiger partial charge in [0.25, 0.3) is 0 Å². The zero-order valence-electron chi connectivity index (χ0n) is 9.23. The Morgan fingerprint density at radius 2 is 1.72 bits per heavy atom. The number of alkyl halides is 3. The molecule has 0 bridgehead atoms. The molecule has 0 spiro atoms. The van der Waals surface area contributed by atoms with Gasteiger partial charge >= 0.3 is 15.5 Å². The second-order valence-electron chi connectivity index (χ2n) is 3.52. The molecule has 0 aromatic heterocycles. The maximum Gasteiger partial charge on any atom is 0.511 e. The van der Waals surface area contributed by atoms with Crippen molar-refractivity contribution in [2.75, 3.05) is 0 Å². The third kappa shape index (κ3) is 3.30. The predicted molar refractivity (Wildman–Crippen MR) is 58.3 cm³/mol. The number of sulfonamides is 1. The van der Waals surface area contributed by atoms with Gasteiger partial charge in [-0.15, -0.1) is 0 Å². The van der Waals surface area contributed by atoms with E-state index in [1.54, 1.807) is 6.07 Å². The van der Waals surface area contributed by atoms with Gasteiger partial charge in [-0.05, 0) is 6.92 Å². The van der Waals surface area contributed by atoms with E-state index < -0.39 is 27.4 Å². The third-order valence-electron chi connectivity index (χ3n) is 2.09. The molecule has 0 aliphatic rings. The van der Waals surface area contributed by atoms with E-state index in [2.05, 4.69) is 0 Å². The second kappa shape index (κ2) is 5.07. The van der Waals surface area contributed by atoms with Gasteiger partial charge in [-0.1, -0.05) is 30.3 Å². The molecule has 18 heavy (non-hydrogen) atoms. The minimum Gasteiger partial charge on any atom is -0.292 e. The molecule has 1 N–H and O–H groups in total. The summed E-state index contributed by atoms with van der Waals surface area (Å²) in [7, 11) is -5.52. The van der Waals surface area contributed by atoms with E-state index in [4.69, 9.17) is 0 Å². The van der Waals surface area contributed by atoms with Crippen molar-refractivity contribution in [1.82, 2.24) is 4.72 Å². The lowest BCUT2D eigenvalue weighted by Gasteiger charge is -2.14. The Hall–Kier alpha value is -1.41. The van der Waals surface area contributed by atoms with Crippen LogP contribution in [0.3, 0.4) is 0 Å². The van der Waals surface area contributed by atoms with Crippen molar-refractivity contribution in [2.45, 2.75) is 18.5 Å². The smallest absolute Gasteiger partial charge is 0.292 e. The molecular weight excluding hydrogens is 271 g/mol. The monoisotopic (exact) mass is 281 g/mol. The molecule has 1 rings (SSSR count). The minimum absolute atomic E-state index is 0.134. The number of nitrogens with one attached hydrogen (secondary N) is 1. The summed E-state index contributed by atoms with van der Waals surface area (Å²) in [6.45, 7) is 1.05. The quantitative estimate of drug-likeness (QED) is 0.854. The van der Waals surface area contributed by atoms with Gasteiger partial charge in [0.15, 0.2) is 5.78 Å². The van der Waals surface area contributed by atoms with Gasteiger partial charge in [0.2, 0.25) is 0 Å². The molecule has 0 aliphatic heterocycles. The fraction of sp³-hybridized carbons (Fsp3) is 0.300. The molecule has 100 valence electrons. The Bertz CT molecular complexity index is 525. The van der Waals surface area contributed by atoms with E-state index in [0.717, 1.165) is 6.92 Å². The molecule has 0 radical (unpaired) electrons. The Morgan fingerprint density at radius 1 is 1.22 bits per heavy atom. The average Bonchev–Trinajstić information content (AvgIpc) is 2.27. The fourth-order valence-corrected chi connectivity index (χ4v) is 1.91. The van der Waals surface area contributed by atoms with Gasteiger partial charge < -0.3 is 0 Å². The number of hydrogen-bond acceptors (Lipinski definition) is 3. The van der Waals surface area contributed by atoms with Crippen molar-refractivity contribution >= 4 is 15.8 Å². The van der Waals surface area contributed by atoms with Crippen LogP contribution in [0.1, 0.15) is 17.3 Å². The molecule has 0 aliphatic carbocycles. The molecule has 1 aromatic carbocycles. The lowest BCUT2D eigenvalue weighted by molar-refractivity contribution is -0.0449. The van der Waals surface area contributed by atoms with E-state index in [0.29, 0.717) is 0 Å². The molecule has 4 nitrogen and oxygen atoms in total. The Balaban J connectivity index is 2.85. The van der Waals surface area contributed by atoms with Crippen LogP contribution in [-0.4, -0.2) is 25.8 Å². The first-order valence-corrected chi connectivity index (χ1v) is 6.31. The molecule has 0 amide bonds. The summed E-state index contributed by atoms with van der Waals surface area (Å²) in [6, 6.07) is 5.97.